The fourth-order valence-corrected chi connectivity index (χ4v) is 1.85. The second kappa shape index (κ2) is 5.69. The number of aliphatic hydroxyl groups is 1. The fourth-order valence-electron chi connectivity index (χ4n) is 1.85. The van der Waals surface area contributed by atoms with E-state index in [9.17, 15) is 9.50 Å². The summed E-state index contributed by atoms with van der Waals surface area (Å²) in [5.74, 6) is 0.899. The van der Waals surface area contributed by atoms with E-state index in [1.54, 1.807) is 12.3 Å². The average Bonchev–Trinajstić information content (AvgIpc) is 2.89. The minimum atomic E-state index is -0.777. The summed E-state index contributed by atoms with van der Waals surface area (Å²) < 4.78 is 23.5. The van der Waals surface area contributed by atoms with Gasteiger partial charge in [0.1, 0.15) is 17.3 Å². The molecule has 0 radical (unpaired) electrons. The SMILES string of the molecule is COc1ccc(F)cc1C(O)CCc1ccco1. The first-order chi connectivity index (χ1) is 8.70. The number of rotatable bonds is 5. The van der Waals surface area contributed by atoms with Crippen molar-refractivity contribution in [3.05, 3.63) is 53.7 Å². The van der Waals surface area contributed by atoms with E-state index in [1.807, 2.05) is 6.07 Å². The first-order valence-corrected chi connectivity index (χ1v) is 5.74. The van der Waals surface area contributed by atoms with Crippen LogP contribution in [-0.4, -0.2) is 12.2 Å². The van der Waals surface area contributed by atoms with Crippen molar-refractivity contribution in [2.45, 2.75) is 18.9 Å². The number of ether oxygens (including phenoxy) is 1. The fraction of sp³-hybridized carbons (Fsp3) is 0.286. The number of benzene rings is 1. The minimum absolute atomic E-state index is 0.386. The van der Waals surface area contributed by atoms with Crippen LogP contribution in [0, 0.1) is 5.82 Å². The van der Waals surface area contributed by atoms with E-state index in [0.29, 0.717) is 24.2 Å². The van der Waals surface area contributed by atoms with E-state index in [-0.39, 0.29) is 5.82 Å². The molecule has 1 unspecified atom stereocenters. The Kier molecular flexibility index (Phi) is 3.99. The van der Waals surface area contributed by atoms with Gasteiger partial charge in [-0.3, -0.25) is 0 Å². The number of halogens is 1. The lowest BCUT2D eigenvalue weighted by Crippen LogP contribution is -2.02. The third kappa shape index (κ3) is 2.90. The Labute approximate surface area is 105 Å². The van der Waals surface area contributed by atoms with E-state index in [0.717, 1.165) is 5.76 Å². The molecule has 1 N–H and O–H groups in total. The van der Waals surface area contributed by atoms with Gasteiger partial charge in [0.05, 0.1) is 19.5 Å². The number of methoxy groups -OCH3 is 1. The standard InChI is InChI=1S/C14H15FO3/c1-17-14-7-4-10(15)9-12(14)13(16)6-5-11-3-2-8-18-11/h2-4,7-9,13,16H,5-6H2,1H3. The highest BCUT2D eigenvalue weighted by Crippen LogP contribution is 2.28. The summed E-state index contributed by atoms with van der Waals surface area (Å²) in [7, 11) is 1.50. The summed E-state index contributed by atoms with van der Waals surface area (Å²) >= 11 is 0. The smallest absolute Gasteiger partial charge is 0.124 e. The molecule has 96 valence electrons. The molecule has 0 aliphatic rings. The molecule has 0 bridgehead atoms. The van der Waals surface area contributed by atoms with Crippen molar-refractivity contribution in [1.29, 1.82) is 0 Å². The van der Waals surface area contributed by atoms with Gasteiger partial charge < -0.3 is 14.3 Å². The van der Waals surface area contributed by atoms with Gasteiger partial charge in [-0.05, 0) is 36.8 Å². The van der Waals surface area contributed by atoms with Crippen LogP contribution in [-0.2, 0) is 6.42 Å². The lowest BCUT2D eigenvalue weighted by Gasteiger charge is -2.14. The molecule has 0 aliphatic heterocycles. The van der Waals surface area contributed by atoms with Gasteiger partial charge in [0.15, 0.2) is 0 Å². The van der Waals surface area contributed by atoms with Gasteiger partial charge in [-0.15, -0.1) is 0 Å². The van der Waals surface area contributed by atoms with Crippen molar-refractivity contribution >= 4 is 0 Å². The molecule has 1 aromatic heterocycles. The average molecular weight is 250 g/mol. The maximum absolute atomic E-state index is 13.2. The van der Waals surface area contributed by atoms with Crippen LogP contribution < -0.4 is 4.74 Å². The van der Waals surface area contributed by atoms with Gasteiger partial charge in [-0.2, -0.15) is 0 Å². The molecule has 3 nitrogen and oxygen atoms in total. The van der Waals surface area contributed by atoms with Crippen molar-refractivity contribution < 1.29 is 18.7 Å². The Morgan fingerprint density at radius 3 is 2.89 bits per heavy atom. The second-order valence-corrected chi connectivity index (χ2v) is 4.02. The molecule has 0 aliphatic carbocycles. The largest absolute Gasteiger partial charge is 0.496 e. The van der Waals surface area contributed by atoms with Crippen LogP contribution in [0.25, 0.3) is 0 Å². The first kappa shape index (κ1) is 12.6. The molecule has 0 spiro atoms. The zero-order valence-corrected chi connectivity index (χ0v) is 10.1. The zero-order chi connectivity index (χ0) is 13.0. The molecule has 2 aromatic rings. The molecule has 0 saturated carbocycles. The molecule has 1 heterocycles. The van der Waals surface area contributed by atoms with E-state index in [4.69, 9.17) is 9.15 Å². The Bertz CT molecular complexity index is 494. The zero-order valence-electron chi connectivity index (χ0n) is 10.1. The highest BCUT2D eigenvalue weighted by molar-refractivity contribution is 5.35. The van der Waals surface area contributed by atoms with E-state index in [1.165, 1.54) is 25.3 Å². The molecular weight excluding hydrogens is 235 g/mol. The summed E-state index contributed by atoms with van der Waals surface area (Å²) in [5.41, 5.74) is 0.462. The van der Waals surface area contributed by atoms with E-state index >= 15 is 0 Å². The topological polar surface area (TPSA) is 42.6 Å². The lowest BCUT2D eigenvalue weighted by molar-refractivity contribution is 0.161. The number of furan rings is 1. The quantitative estimate of drug-likeness (QED) is 0.886. The second-order valence-electron chi connectivity index (χ2n) is 4.02. The van der Waals surface area contributed by atoms with Crippen molar-refractivity contribution in [1.82, 2.24) is 0 Å². The molecule has 1 atom stereocenters. The monoisotopic (exact) mass is 250 g/mol. The summed E-state index contributed by atoms with van der Waals surface area (Å²) in [5, 5.41) is 10.1. The maximum atomic E-state index is 13.2. The van der Waals surface area contributed by atoms with Crippen LogP contribution >= 0.6 is 0 Å². The summed E-state index contributed by atoms with van der Waals surface area (Å²) in [6.07, 6.45) is 1.85. The molecular formula is C14H15FO3. The van der Waals surface area contributed by atoms with E-state index < -0.39 is 6.10 Å². The van der Waals surface area contributed by atoms with Gasteiger partial charge in [0.25, 0.3) is 0 Å². The first-order valence-electron chi connectivity index (χ1n) is 5.74. The van der Waals surface area contributed by atoms with Crippen LogP contribution in [0.5, 0.6) is 5.75 Å². The van der Waals surface area contributed by atoms with Crippen molar-refractivity contribution in [2.24, 2.45) is 0 Å². The van der Waals surface area contributed by atoms with Gasteiger partial charge in [-0.25, -0.2) is 4.39 Å². The highest BCUT2D eigenvalue weighted by atomic mass is 19.1. The molecule has 0 saturated heterocycles. The van der Waals surface area contributed by atoms with E-state index in [2.05, 4.69) is 0 Å². The van der Waals surface area contributed by atoms with Crippen molar-refractivity contribution in [3.8, 4) is 5.75 Å². The minimum Gasteiger partial charge on any atom is -0.496 e. The summed E-state index contributed by atoms with van der Waals surface area (Å²) in [4.78, 5) is 0. The van der Waals surface area contributed by atoms with Crippen molar-refractivity contribution in [2.75, 3.05) is 7.11 Å². The predicted molar refractivity (Wildman–Crippen MR) is 64.9 cm³/mol. The molecule has 0 amide bonds. The van der Waals surface area contributed by atoms with Crippen LogP contribution in [0.3, 0.4) is 0 Å². The molecule has 4 heteroatoms. The number of hydrogen-bond acceptors (Lipinski definition) is 3. The number of hydrogen-bond donors (Lipinski definition) is 1. The van der Waals surface area contributed by atoms with Gasteiger partial charge in [-0.1, -0.05) is 0 Å². The van der Waals surface area contributed by atoms with Crippen LogP contribution in [0.2, 0.25) is 0 Å². The Morgan fingerprint density at radius 2 is 2.22 bits per heavy atom. The van der Waals surface area contributed by atoms with Gasteiger partial charge in [0, 0.05) is 12.0 Å². The lowest BCUT2D eigenvalue weighted by atomic mass is 10.0. The normalized spacial score (nSPS) is 12.4. The molecule has 2 rings (SSSR count). The summed E-state index contributed by atoms with van der Waals surface area (Å²) in [6.45, 7) is 0. The Morgan fingerprint density at radius 1 is 1.39 bits per heavy atom. The maximum Gasteiger partial charge on any atom is 0.124 e. The van der Waals surface area contributed by atoms with Crippen LogP contribution in [0.1, 0.15) is 23.8 Å². The summed E-state index contributed by atoms with van der Waals surface area (Å²) in [6, 6.07) is 7.76. The third-order valence-electron chi connectivity index (χ3n) is 2.80. The Balaban J connectivity index is 2.08. The highest BCUT2D eigenvalue weighted by Gasteiger charge is 2.14. The predicted octanol–water partition coefficient (Wildman–Crippen LogP) is 3.09. The van der Waals surface area contributed by atoms with Crippen molar-refractivity contribution in [3.63, 3.8) is 0 Å². The number of aliphatic hydroxyl groups excluding tert-OH is 1. The van der Waals surface area contributed by atoms with Gasteiger partial charge in [0.2, 0.25) is 0 Å². The van der Waals surface area contributed by atoms with Crippen LogP contribution in [0.4, 0.5) is 4.39 Å². The number of aryl methyl sites for hydroxylation is 1. The Hall–Kier alpha value is -1.81. The molecule has 1 aromatic carbocycles. The third-order valence-corrected chi connectivity index (χ3v) is 2.80. The molecule has 0 fully saturated rings. The van der Waals surface area contributed by atoms with Crippen LogP contribution in [0.15, 0.2) is 41.0 Å². The molecule has 18 heavy (non-hydrogen) atoms. The van der Waals surface area contributed by atoms with Gasteiger partial charge >= 0.3 is 0 Å².